The van der Waals surface area contributed by atoms with Gasteiger partial charge in [0, 0.05) is 86.5 Å². The zero-order chi connectivity index (χ0) is 27.4. The summed E-state index contributed by atoms with van der Waals surface area (Å²) < 4.78 is 1.66. The minimum Gasteiger partial charge on any atom is -0.393 e. The largest absolute Gasteiger partial charge is 0.393 e. The van der Waals surface area contributed by atoms with Crippen LogP contribution in [0.4, 0.5) is 5.82 Å². The molecule has 1 aliphatic heterocycles. The number of hydrogen-bond acceptors (Lipinski definition) is 8. The van der Waals surface area contributed by atoms with Gasteiger partial charge in [0.1, 0.15) is 17.6 Å². The number of nitrogens with zero attached hydrogens (tertiary/aromatic N) is 7. The van der Waals surface area contributed by atoms with Gasteiger partial charge in [-0.25, -0.2) is 14.5 Å². The first kappa shape index (κ1) is 25.2. The van der Waals surface area contributed by atoms with E-state index in [1.807, 2.05) is 23.1 Å². The molecule has 4 aromatic heterocycles. The van der Waals surface area contributed by atoms with Gasteiger partial charge in [-0.2, -0.15) is 10.4 Å². The second kappa shape index (κ2) is 10.9. The first-order valence-electron chi connectivity index (χ1n) is 12.3. The molecule has 1 amide bonds. The fraction of sp³-hybridized carbons (Fsp3) is 0.172. The highest BCUT2D eigenvalue weighted by Gasteiger charge is 2.23. The maximum absolute atomic E-state index is 12.9. The number of rotatable bonds is 6. The highest BCUT2D eigenvalue weighted by molar-refractivity contribution is 6.09. The lowest BCUT2D eigenvalue weighted by molar-refractivity contribution is 0.0746. The maximum Gasteiger partial charge on any atom is 0.255 e. The molecule has 0 radical (unpaired) electrons. The van der Waals surface area contributed by atoms with Gasteiger partial charge >= 0.3 is 0 Å². The first-order valence-corrected chi connectivity index (χ1v) is 12.3. The van der Waals surface area contributed by atoms with Crippen molar-refractivity contribution in [3.8, 4) is 29.5 Å². The standard InChI is InChI=1S/C29H25N9O/c1-3-25-6-4-21(17-33-25)29(39)37-10-8-36(9-11-37)27-7-5-20(16-34-27)26-12-22(23(13-30)15-32-2)19-38-28(26)24(14-31)18-35-38/h1,4-7,12-13,15-19,30,32H,8-11H2,2H3/b23-15+,30-13?. The van der Waals surface area contributed by atoms with Crippen LogP contribution in [0.25, 0.3) is 22.2 Å². The lowest BCUT2D eigenvalue weighted by atomic mass is 10.0. The molecular weight excluding hydrogens is 490 g/mol. The molecule has 192 valence electrons. The number of nitriles is 1. The summed E-state index contributed by atoms with van der Waals surface area (Å²) in [4.78, 5) is 25.6. The van der Waals surface area contributed by atoms with Crippen LogP contribution in [0.3, 0.4) is 0 Å². The Balaban J connectivity index is 1.36. The zero-order valence-electron chi connectivity index (χ0n) is 21.3. The van der Waals surface area contributed by atoms with E-state index < -0.39 is 0 Å². The lowest BCUT2D eigenvalue weighted by Gasteiger charge is -2.35. The van der Waals surface area contributed by atoms with Gasteiger partial charge in [0.2, 0.25) is 0 Å². The number of carbonyl (C=O) groups excluding carboxylic acids is 1. The van der Waals surface area contributed by atoms with Crippen LogP contribution in [0, 0.1) is 29.1 Å². The smallest absolute Gasteiger partial charge is 0.255 e. The van der Waals surface area contributed by atoms with Crippen LogP contribution in [0.1, 0.15) is 27.2 Å². The highest BCUT2D eigenvalue weighted by atomic mass is 16.2. The number of fused-ring (bicyclic) bond motifs is 1. The third-order valence-corrected chi connectivity index (χ3v) is 6.63. The molecule has 1 fully saturated rings. The van der Waals surface area contributed by atoms with Crippen molar-refractivity contribution in [3.05, 3.63) is 83.7 Å². The number of pyridine rings is 3. The third kappa shape index (κ3) is 4.91. The van der Waals surface area contributed by atoms with E-state index in [2.05, 4.69) is 32.3 Å². The van der Waals surface area contributed by atoms with E-state index in [0.29, 0.717) is 54.1 Å². The second-order valence-electron chi connectivity index (χ2n) is 8.90. The van der Waals surface area contributed by atoms with Gasteiger partial charge in [0.25, 0.3) is 5.91 Å². The van der Waals surface area contributed by atoms with Gasteiger partial charge in [-0.1, -0.05) is 5.92 Å². The topological polar surface area (TPSA) is 126 Å². The van der Waals surface area contributed by atoms with Crippen molar-refractivity contribution in [1.29, 1.82) is 10.7 Å². The Labute approximate surface area is 225 Å². The quantitative estimate of drug-likeness (QED) is 0.299. The van der Waals surface area contributed by atoms with Crippen molar-refractivity contribution < 1.29 is 4.79 Å². The monoisotopic (exact) mass is 515 g/mol. The van der Waals surface area contributed by atoms with Crippen molar-refractivity contribution in [2.75, 3.05) is 38.1 Å². The van der Waals surface area contributed by atoms with Gasteiger partial charge in [-0.3, -0.25) is 4.79 Å². The molecular formula is C29H25N9O. The summed E-state index contributed by atoms with van der Waals surface area (Å²) in [6, 6.07) is 11.5. The SMILES string of the molecule is C#Cc1ccc(C(=O)N2CCN(c3ccc(-c4cc(/C(C=N)=C/NC)cn5ncc(C#N)c45)cn3)CC2)cn1. The summed E-state index contributed by atoms with van der Waals surface area (Å²) in [6.45, 7) is 2.42. The minimum atomic E-state index is -0.0661. The van der Waals surface area contributed by atoms with E-state index in [-0.39, 0.29) is 5.91 Å². The normalized spacial score (nSPS) is 13.6. The minimum absolute atomic E-state index is 0.0661. The fourth-order valence-corrected chi connectivity index (χ4v) is 4.60. The van der Waals surface area contributed by atoms with Crippen molar-refractivity contribution >= 4 is 29.0 Å². The molecule has 5 heterocycles. The van der Waals surface area contributed by atoms with Crippen molar-refractivity contribution in [2.45, 2.75) is 0 Å². The molecule has 1 aliphatic rings. The molecule has 1 saturated heterocycles. The summed E-state index contributed by atoms with van der Waals surface area (Å²) in [7, 11) is 1.78. The van der Waals surface area contributed by atoms with E-state index in [4.69, 9.17) is 16.8 Å². The molecule has 0 aliphatic carbocycles. The number of hydrogen-bond donors (Lipinski definition) is 2. The summed E-state index contributed by atoms with van der Waals surface area (Å²) in [5.41, 5.74) is 5.24. The molecule has 0 spiro atoms. The van der Waals surface area contributed by atoms with E-state index in [1.54, 1.807) is 42.3 Å². The Morgan fingerprint density at radius 1 is 1.10 bits per heavy atom. The summed E-state index contributed by atoms with van der Waals surface area (Å²) in [5.74, 6) is 3.20. The molecule has 4 aromatic rings. The van der Waals surface area contributed by atoms with Crippen LogP contribution in [-0.2, 0) is 0 Å². The number of nitrogens with one attached hydrogen (secondary N) is 2. The molecule has 10 nitrogen and oxygen atoms in total. The van der Waals surface area contributed by atoms with Crippen LogP contribution in [0.15, 0.2) is 61.3 Å². The lowest BCUT2D eigenvalue weighted by Crippen LogP contribution is -2.49. The molecule has 39 heavy (non-hydrogen) atoms. The van der Waals surface area contributed by atoms with Gasteiger partial charge in [-0.05, 0) is 30.3 Å². The number of allylic oxidation sites excluding steroid dienone is 1. The summed E-state index contributed by atoms with van der Waals surface area (Å²) >= 11 is 0. The Kier molecular flexibility index (Phi) is 7.02. The zero-order valence-corrected chi connectivity index (χ0v) is 21.3. The van der Waals surface area contributed by atoms with Crippen LogP contribution < -0.4 is 10.2 Å². The molecule has 2 N–H and O–H groups in total. The summed E-state index contributed by atoms with van der Waals surface area (Å²) in [5, 5.41) is 24.8. The molecule has 0 aromatic carbocycles. The van der Waals surface area contributed by atoms with Crippen molar-refractivity contribution in [2.24, 2.45) is 0 Å². The number of terminal acetylenes is 1. The van der Waals surface area contributed by atoms with Gasteiger partial charge < -0.3 is 20.5 Å². The maximum atomic E-state index is 12.9. The average Bonchev–Trinajstić information content (AvgIpc) is 3.42. The predicted octanol–water partition coefficient (Wildman–Crippen LogP) is 2.82. The highest BCUT2D eigenvalue weighted by Crippen LogP contribution is 2.30. The number of aromatic nitrogens is 4. The van der Waals surface area contributed by atoms with Gasteiger partial charge in [-0.15, -0.1) is 6.42 Å². The number of piperazine rings is 1. The number of anilines is 1. The fourth-order valence-electron chi connectivity index (χ4n) is 4.60. The molecule has 10 heteroatoms. The molecule has 5 rings (SSSR count). The second-order valence-corrected chi connectivity index (χ2v) is 8.90. The predicted molar refractivity (Wildman–Crippen MR) is 149 cm³/mol. The van der Waals surface area contributed by atoms with Gasteiger partial charge in [0.15, 0.2) is 0 Å². The molecule has 0 saturated carbocycles. The van der Waals surface area contributed by atoms with E-state index in [0.717, 1.165) is 22.5 Å². The third-order valence-electron chi connectivity index (χ3n) is 6.63. The average molecular weight is 516 g/mol. The van der Waals surface area contributed by atoms with Crippen LogP contribution >= 0.6 is 0 Å². The Bertz CT molecular complexity index is 1650. The first-order chi connectivity index (χ1) is 19.1. The van der Waals surface area contributed by atoms with Crippen molar-refractivity contribution in [1.82, 2.24) is 29.8 Å². The van der Waals surface area contributed by atoms with E-state index in [9.17, 15) is 10.1 Å². The number of carbonyl (C=O) groups is 1. The Hall–Kier alpha value is -5.48. The number of amides is 1. The van der Waals surface area contributed by atoms with Crippen LogP contribution in [0.5, 0.6) is 0 Å². The van der Waals surface area contributed by atoms with Gasteiger partial charge in [0.05, 0.1) is 22.8 Å². The Morgan fingerprint density at radius 3 is 2.54 bits per heavy atom. The Morgan fingerprint density at radius 2 is 1.92 bits per heavy atom. The molecule has 0 atom stereocenters. The van der Waals surface area contributed by atoms with E-state index in [1.165, 1.54) is 18.6 Å². The molecule has 0 unspecified atom stereocenters. The van der Waals surface area contributed by atoms with Crippen LogP contribution in [-0.4, -0.2) is 69.8 Å². The van der Waals surface area contributed by atoms with E-state index >= 15 is 0 Å². The van der Waals surface area contributed by atoms with Crippen molar-refractivity contribution in [3.63, 3.8) is 0 Å². The van der Waals surface area contributed by atoms with Crippen LogP contribution in [0.2, 0.25) is 0 Å². The summed E-state index contributed by atoms with van der Waals surface area (Å²) in [6.07, 6.45) is 15.0. The molecule has 0 bridgehead atoms.